The minimum absolute atomic E-state index is 0.123. The standard InChI is InChI=1S/C14H11FN4O5S/c1-25(23,24)18-8-3-2-6(15)4-9(8)19-10(20)5-7-11(12(19)16)14(22)17-13(7)21/h2-5,18H,16H2,1H3,(H,17,21,22). The number of hydrogen-bond donors (Lipinski definition) is 3. The summed E-state index contributed by atoms with van der Waals surface area (Å²) in [6, 6.07) is 3.85. The Morgan fingerprint density at radius 1 is 1.16 bits per heavy atom. The van der Waals surface area contributed by atoms with Gasteiger partial charge in [0.1, 0.15) is 11.6 Å². The van der Waals surface area contributed by atoms with Crippen LogP contribution in [-0.4, -0.2) is 31.1 Å². The van der Waals surface area contributed by atoms with E-state index in [0.717, 1.165) is 35.1 Å². The van der Waals surface area contributed by atoms with E-state index >= 15 is 0 Å². The van der Waals surface area contributed by atoms with Crippen molar-refractivity contribution in [3.63, 3.8) is 0 Å². The fraction of sp³-hybridized carbons (Fsp3) is 0.0714. The average Bonchev–Trinajstić information content (AvgIpc) is 2.75. The maximum absolute atomic E-state index is 13.7. The fourth-order valence-corrected chi connectivity index (χ4v) is 3.08. The van der Waals surface area contributed by atoms with Crippen molar-refractivity contribution in [2.75, 3.05) is 16.7 Å². The number of fused-ring (bicyclic) bond motifs is 1. The van der Waals surface area contributed by atoms with E-state index in [1.165, 1.54) is 0 Å². The van der Waals surface area contributed by atoms with Crippen LogP contribution in [0.25, 0.3) is 5.69 Å². The highest BCUT2D eigenvalue weighted by Crippen LogP contribution is 2.27. The van der Waals surface area contributed by atoms with Crippen molar-refractivity contribution in [1.82, 2.24) is 9.88 Å². The first-order valence-electron chi connectivity index (χ1n) is 6.77. The molecule has 1 aliphatic rings. The second kappa shape index (κ2) is 5.41. The molecule has 9 nitrogen and oxygen atoms in total. The van der Waals surface area contributed by atoms with Gasteiger partial charge in [0.05, 0.1) is 28.8 Å². The molecule has 0 spiro atoms. The van der Waals surface area contributed by atoms with Gasteiger partial charge in [-0.1, -0.05) is 0 Å². The first-order chi connectivity index (χ1) is 11.6. The van der Waals surface area contributed by atoms with Crippen molar-refractivity contribution in [1.29, 1.82) is 0 Å². The van der Waals surface area contributed by atoms with E-state index in [1.807, 2.05) is 5.32 Å². The summed E-state index contributed by atoms with van der Waals surface area (Å²) in [6.45, 7) is 0. The molecule has 2 amide bonds. The molecule has 0 aliphatic carbocycles. The number of sulfonamides is 1. The Labute approximate surface area is 140 Å². The van der Waals surface area contributed by atoms with E-state index in [4.69, 9.17) is 5.73 Å². The predicted molar refractivity (Wildman–Crippen MR) is 86.7 cm³/mol. The van der Waals surface area contributed by atoms with Crippen molar-refractivity contribution in [3.8, 4) is 5.69 Å². The molecule has 0 unspecified atom stereocenters. The van der Waals surface area contributed by atoms with Gasteiger partial charge in [-0.05, 0) is 12.1 Å². The van der Waals surface area contributed by atoms with Crippen molar-refractivity contribution >= 4 is 33.3 Å². The van der Waals surface area contributed by atoms with E-state index in [-0.39, 0.29) is 22.5 Å². The number of amides is 2. The summed E-state index contributed by atoms with van der Waals surface area (Å²) in [6.07, 6.45) is 0.876. The highest BCUT2D eigenvalue weighted by atomic mass is 32.2. The van der Waals surface area contributed by atoms with Crippen LogP contribution >= 0.6 is 0 Å². The largest absolute Gasteiger partial charge is 0.384 e. The molecule has 130 valence electrons. The number of nitrogens with two attached hydrogens (primary N) is 1. The number of rotatable bonds is 3. The van der Waals surface area contributed by atoms with Gasteiger partial charge in [0.25, 0.3) is 17.4 Å². The van der Waals surface area contributed by atoms with Crippen LogP contribution in [0.5, 0.6) is 0 Å². The molecule has 2 heterocycles. The minimum Gasteiger partial charge on any atom is -0.384 e. The molecule has 4 N–H and O–H groups in total. The van der Waals surface area contributed by atoms with Crippen molar-refractivity contribution < 1.29 is 22.4 Å². The highest BCUT2D eigenvalue weighted by molar-refractivity contribution is 7.92. The van der Waals surface area contributed by atoms with Crippen LogP contribution in [-0.2, 0) is 10.0 Å². The van der Waals surface area contributed by atoms with Crippen LogP contribution in [0.15, 0.2) is 29.1 Å². The molecule has 3 rings (SSSR count). The number of pyridine rings is 1. The number of carbonyl (C=O) groups is 2. The Morgan fingerprint density at radius 3 is 2.48 bits per heavy atom. The summed E-state index contributed by atoms with van der Waals surface area (Å²) < 4.78 is 39.6. The van der Waals surface area contributed by atoms with Crippen LogP contribution in [0.1, 0.15) is 20.7 Å². The zero-order valence-electron chi connectivity index (χ0n) is 12.7. The average molecular weight is 366 g/mol. The van der Waals surface area contributed by atoms with Crippen LogP contribution in [0, 0.1) is 5.82 Å². The molecule has 0 bridgehead atoms. The lowest BCUT2D eigenvalue weighted by Crippen LogP contribution is -2.25. The maximum atomic E-state index is 13.7. The van der Waals surface area contributed by atoms with Crippen molar-refractivity contribution in [2.45, 2.75) is 0 Å². The van der Waals surface area contributed by atoms with Crippen molar-refractivity contribution in [2.24, 2.45) is 0 Å². The quantitative estimate of drug-likeness (QED) is 0.643. The number of hydrogen-bond acceptors (Lipinski definition) is 6. The molecule has 0 saturated heterocycles. The molecule has 25 heavy (non-hydrogen) atoms. The van der Waals surface area contributed by atoms with Gasteiger partial charge in [-0.15, -0.1) is 0 Å². The van der Waals surface area contributed by atoms with Gasteiger partial charge >= 0.3 is 0 Å². The molecule has 0 saturated carbocycles. The number of nitrogen functional groups attached to an aromatic ring is 1. The summed E-state index contributed by atoms with van der Waals surface area (Å²) in [5.41, 5.74) is 4.25. The molecule has 0 radical (unpaired) electrons. The number of imide groups is 1. The highest BCUT2D eigenvalue weighted by Gasteiger charge is 2.32. The molecular formula is C14H11FN4O5S. The number of nitrogens with one attached hydrogen (secondary N) is 2. The number of halogens is 1. The summed E-state index contributed by atoms with van der Waals surface area (Å²) in [5, 5.41) is 2.00. The number of benzene rings is 1. The van der Waals surface area contributed by atoms with Crippen molar-refractivity contribution in [3.05, 3.63) is 51.6 Å². The first kappa shape index (κ1) is 16.6. The zero-order chi connectivity index (χ0) is 18.5. The summed E-state index contributed by atoms with van der Waals surface area (Å²) in [5.74, 6) is -2.75. The molecular weight excluding hydrogens is 355 g/mol. The van der Waals surface area contributed by atoms with Gasteiger partial charge in [-0.3, -0.25) is 29.0 Å². The molecule has 1 aliphatic heterocycles. The van der Waals surface area contributed by atoms with E-state index in [9.17, 15) is 27.2 Å². The Balaban J connectivity index is 2.34. The van der Waals surface area contributed by atoms with E-state index in [0.29, 0.717) is 0 Å². The number of anilines is 2. The van der Waals surface area contributed by atoms with Gasteiger partial charge < -0.3 is 5.73 Å². The Kier molecular flexibility index (Phi) is 3.60. The molecule has 1 aromatic carbocycles. The predicted octanol–water partition coefficient (Wildman–Crippen LogP) is -0.186. The maximum Gasteiger partial charge on any atom is 0.262 e. The SMILES string of the molecule is CS(=O)(=O)Nc1ccc(F)cc1-n1c(N)c2c(cc1=O)C(=O)NC2=O. The van der Waals surface area contributed by atoms with Gasteiger partial charge in [0.15, 0.2) is 0 Å². The second-order valence-corrected chi connectivity index (χ2v) is 7.06. The normalized spacial score (nSPS) is 13.5. The molecule has 0 atom stereocenters. The van der Waals surface area contributed by atoms with E-state index in [2.05, 4.69) is 4.72 Å². The van der Waals surface area contributed by atoms with Crippen LogP contribution in [0.2, 0.25) is 0 Å². The van der Waals surface area contributed by atoms with E-state index < -0.39 is 39.0 Å². The summed E-state index contributed by atoms with van der Waals surface area (Å²) in [4.78, 5) is 35.9. The monoisotopic (exact) mass is 366 g/mol. The van der Waals surface area contributed by atoms with Gasteiger partial charge in [-0.25, -0.2) is 12.8 Å². The minimum atomic E-state index is -3.74. The second-order valence-electron chi connectivity index (χ2n) is 5.31. The summed E-state index contributed by atoms with van der Waals surface area (Å²) >= 11 is 0. The number of aromatic nitrogens is 1. The van der Waals surface area contributed by atoms with E-state index in [1.54, 1.807) is 0 Å². The summed E-state index contributed by atoms with van der Waals surface area (Å²) in [7, 11) is -3.74. The van der Waals surface area contributed by atoms with Crippen LogP contribution in [0.3, 0.4) is 0 Å². The van der Waals surface area contributed by atoms with Gasteiger partial charge in [0, 0.05) is 12.1 Å². The van der Waals surface area contributed by atoms with Crippen LogP contribution < -0.4 is 21.3 Å². The third-order valence-corrected chi connectivity index (χ3v) is 4.04. The zero-order valence-corrected chi connectivity index (χ0v) is 13.5. The Bertz CT molecular complexity index is 1110. The molecule has 2 aromatic rings. The topological polar surface area (TPSA) is 140 Å². The lowest BCUT2D eigenvalue weighted by molar-refractivity contribution is 0.0880. The van der Waals surface area contributed by atoms with Crippen LogP contribution in [0.4, 0.5) is 15.9 Å². The first-order valence-corrected chi connectivity index (χ1v) is 8.66. The number of carbonyl (C=O) groups excluding carboxylic acids is 2. The third kappa shape index (κ3) is 2.85. The smallest absolute Gasteiger partial charge is 0.262 e. The fourth-order valence-electron chi connectivity index (χ4n) is 2.50. The molecule has 11 heteroatoms. The number of nitrogens with zero attached hydrogens (tertiary/aromatic N) is 1. The van der Waals surface area contributed by atoms with Gasteiger partial charge in [0.2, 0.25) is 10.0 Å². The van der Waals surface area contributed by atoms with Gasteiger partial charge in [-0.2, -0.15) is 0 Å². The molecule has 1 aromatic heterocycles. The Hall–Kier alpha value is -3.21. The Morgan fingerprint density at radius 2 is 1.84 bits per heavy atom. The third-order valence-electron chi connectivity index (χ3n) is 3.45. The lowest BCUT2D eigenvalue weighted by Gasteiger charge is -2.16. The molecule has 0 fully saturated rings. The lowest BCUT2D eigenvalue weighted by atomic mass is 10.1.